The molecule has 0 N–H and O–H groups in total. The van der Waals surface area contributed by atoms with E-state index in [1.807, 2.05) is 12.1 Å². The molecule has 0 radical (unpaired) electrons. The molecule has 0 fully saturated rings. The highest BCUT2D eigenvalue weighted by molar-refractivity contribution is 6.98. The lowest BCUT2D eigenvalue weighted by Gasteiger charge is -2.33. The number of hydrogen-bond donors (Lipinski definition) is 0. The molecule has 6 aromatic rings. The predicted molar refractivity (Wildman–Crippen MR) is 138 cm³/mol. The molecule has 0 aliphatic carbocycles. The van der Waals surface area contributed by atoms with Crippen LogP contribution < -0.4 is 25.9 Å². The van der Waals surface area contributed by atoms with Gasteiger partial charge in [0, 0.05) is 28.4 Å². The summed E-state index contributed by atoms with van der Waals surface area (Å²) in [6, 6.07) is 38.1. The molecule has 2 aliphatic rings. The third kappa shape index (κ3) is 2.32. The molecular formula is C30H18BNO2. The van der Waals surface area contributed by atoms with E-state index in [0.717, 1.165) is 34.1 Å². The first-order chi connectivity index (χ1) is 16.9. The number of aromatic nitrogens is 1. The van der Waals surface area contributed by atoms with Gasteiger partial charge >= 0.3 is 0 Å². The van der Waals surface area contributed by atoms with Crippen LogP contribution in [-0.4, -0.2) is 11.3 Å². The van der Waals surface area contributed by atoms with Crippen molar-refractivity contribution < 1.29 is 9.47 Å². The number of hydrogen-bond acceptors (Lipinski definition) is 2. The summed E-state index contributed by atoms with van der Waals surface area (Å²) in [6.07, 6.45) is 0. The van der Waals surface area contributed by atoms with E-state index >= 15 is 0 Å². The molecule has 34 heavy (non-hydrogen) atoms. The van der Waals surface area contributed by atoms with E-state index in [2.05, 4.69) is 102 Å². The zero-order valence-electron chi connectivity index (χ0n) is 18.2. The molecule has 0 saturated heterocycles. The molecule has 0 spiro atoms. The summed E-state index contributed by atoms with van der Waals surface area (Å²) in [5, 5.41) is 2.47. The molecule has 2 aliphatic heterocycles. The molecule has 0 saturated carbocycles. The molecular weight excluding hydrogens is 417 g/mol. The van der Waals surface area contributed by atoms with Crippen molar-refractivity contribution in [2.75, 3.05) is 0 Å². The van der Waals surface area contributed by atoms with Crippen molar-refractivity contribution in [3.63, 3.8) is 0 Å². The Balaban J connectivity index is 1.45. The van der Waals surface area contributed by atoms with E-state index in [1.54, 1.807) is 0 Å². The highest BCUT2D eigenvalue weighted by Gasteiger charge is 2.40. The lowest BCUT2D eigenvalue weighted by molar-refractivity contribution is 0.464. The zero-order valence-corrected chi connectivity index (χ0v) is 18.2. The topological polar surface area (TPSA) is 23.4 Å². The first kappa shape index (κ1) is 18.0. The summed E-state index contributed by atoms with van der Waals surface area (Å²) in [5.74, 6) is 3.52. The Labute approximate surface area is 196 Å². The van der Waals surface area contributed by atoms with Crippen LogP contribution in [0.15, 0.2) is 109 Å². The van der Waals surface area contributed by atoms with E-state index in [9.17, 15) is 0 Å². The van der Waals surface area contributed by atoms with Crippen LogP contribution in [0.5, 0.6) is 23.0 Å². The van der Waals surface area contributed by atoms with E-state index < -0.39 is 0 Å². The van der Waals surface area contributed by atoms with Crippen molar-refractivity contribution in [1.82, 2.24) is 4.57 Å². The predicted octanol–water partition coefficient (Wildman–Crippen LogP) is 5.51. The van der Waals surface area contributed by atoms with Crippen molar-refractivity contribution in [3.05, 3.63) is 109 Å². The maximum Gasteiger partial charge on any atom is 0.260 e. The Morgan fingerprint density at radius 2 is 0.971 bits per heavy atom. The van der Waals surface area contributed by atoms with Crippen LogP contribution in [0.25, 0.3) is 27.5 Å². The Kier molecular flexibility index (Phi) is 3.48. The molecule has 4 heteroatoms. The number of rotatable bonds is 1. The highest BCUT2D eigenvalue weighted by Crippen LogP contribution is 2.39. The van der Waals surface area contributed by atoms with Crippen molar-refractivity contribution in [2.24, 2.45) is 0 Å². The van der Waals surface area contributed by atoms with Crippen molar-refractivity contribution >= 4 is 44.9 Å². The van der Waals surface area contributed by atoms with Gasteiger partial charge in [-0.25, -0.2) is 0 Å². The average Bonchev–Trinajstić information content (AvgIpc) is 3.23. The normalized spacial score (nSPS) is 13.1. The van der Waals surface area contributed by atoms with Crippen LogP contribution >= 0.6 is 0 Å². The summed E-state index contributed by atoms with van der Waals surface area (Å²) in [5.41, 5.74) is 6.82. The minimum atomic E-state index is 0.0899. The zero-order chi connectivity index (χ0) is 22.2. The van der Waals surface area contributed by atoms with Crippen LogP contribution in [0, 0.1) is 0 Å². The van der Waals surface area contributed by atoms with Crippen LogP contribution in [0.3, 0.4) is 0 Å². The molecule has 8 rings (SSSR count). The summed E-state index contributed by atoms with van der Waals surface area (Å²) in [6.45, 7) is 0.0899. The van der Waals surface area contributed by atoms with Gasteiger partial charge in [0.1, 0.15) is 23.0 Å². The Morgan fingerprint density at radius 1 is 0.500 bits per heavy atom. The van der Waals surface area contributed by atoms with Gasteiger partial charge < -0.3 is 14.0 Å². The second kappa shape index (κ2) is 6.55. The molecule has 0 bridgehead atoms. The first-order valence-electron chi connectivity index (χ1n) is 11.6. The van der Waals surface area contributed by atoms with Gasteiger partial charge in [0.05, 0.1) is 16.7 Å². The van der Waals surface area contributed by atoms with Crippen LogP contribution in [0.2, 0.25) is 0 Å². The summed E-state index contributed by atoms with van der Waals surface area (Å²) < 4.78 is 15.3. The minimum Gasteiger partial charge on any atom is -0.458 e. The number of ether oxygens (including phenoxy) is 2. The monoisotopic (exact) mass is 435 g/mol. The lowest BCUT2D eigenvalue weighted by Crippen LogP contribution is -2.57. The maximum atomic E-state index is 6.51. The van der Waals surface area contributed by atoms with E-state index in [0.29, 0.717) is 0 Å². The Bertz CT molecular complexity index is 1660. The van der Waals surface area contributed by atoms with Crippen LogP contribution in [-0.2, 0) is 0 Å². The van der Waals surface area contributed by atoms with Gasteiger partial charge in [0.15, 0.2) is 0 Å². The van der Waals surface area contributed by atoms with E-state index in [1.165, 1.54) is 32.7 Å². The summed E-state index contributed by atoms with van der Waals surface area (Å²) >= 11 is 0. The molecule has 5 aromatic carbocycles. The third-order valence-electron chi connectivity index (χ3n) is 7.12. The molecule has 0 atom stereocenters. The maximum absolute atomic E-state index is 6.51. The number of benzene rings is 5. The van der Waals surface area contributed by atoms with Gasteiger partial charge in [-0.2, -0.15) is 0 Å². The van der Waals surface area contributed by atoms with E-state index in [4.69, 9.17) is 9.47 Å². The van der Waals surface area contributed by atoms with Gasteiger partial charge in [-0.1, -0.05) is 72.8 Å². The molecule has 3 heterocycles. The quantitative estimate of drug-likeness (QED) is 0.318. The molecule has 3 nitrogen and oxygen atoms in total. The van der Waals surface area contributed by atoms with Gasteiger partial charge in [0.2, 0.25) is 0 Å². The second-order valence-electron chi connectivity index (χ2n) is 8.94. The molecule has 0 unspecified atom stereocenters. The standard InChI is InChI=1S/C30H18BNO2/c1-5-13-24-20(9-1)21-10-2-6-14-25(21)32(24)19-17-28-30-29(18-19)34-27-16-8-4-12-23(27)31(30)22-11-3-7-15-26(22)33-28/h1-18H. The number of nitrogens with zero attached hydrogens (tertiary/aromatic N) is 1. The van der Waals surface area contributed by atoms with Crippen molar-refractivity contribution in [3.8, 4) is 28.7 Å². The summed E-state index contributed by atoms with van der Waals surface area (Å²) in [7, 11) is 0. The second-order valence-corrected chi connectivity index (χ2v) is 8.94. The Hall–Kier alpha value is -4.44. The van der Waals surface area contributed by atoms with Crippen molar-refractivity contribution in [2.45, 2.75) is 0 Å². The largest absolute Gasteiger partial charge is 0.458 e. The van der Waals surface area contributed by atoms with Gasteiger partial charge in [-0.05, 0) is 35.2 Å². The fourth-order valence-corrected chi connectivity index (χ4v) is 5.71. The fourth-order valence-electron chi connectivity index (χ4n) is 5.71. The SMILES string of the molecule is c1ccc2c(c1)Oc1cc(-n3c4ccccc4c4ccccc43)cc3c1B2c1ccccc1O3. The molecule has 158 valence electrons. The lowest BCUT2D eigenvalue weighted by atomic mass is 9.35. The number of fused-ring (bicyclic) bond motifs is 7. The molecule has 0 amide bonds. The smallest absolute Gasteiger partial charge is 0.260 e. The average molecular weight is 435 g/mol. The van der Waals surface area contributed by atoms with Crippen LogP contribution in [0.4, 0.5) is 0 Å². The minimum absolute atomic E-state index is 0.0899. The fraction of sp³-hybridized carbons (Fsp3) is 0. The summed E-state index contributed by atoms with van der Waals surface area (Å²) in [4.78, 5) is 0. The highest BCUT2D eigenvalue weighted by atomic mass is 16.5. The van der Waals surface area contributed by atoms with Gasteiger partial charge in [-0.3, -0.25) is 0 Å². The Morgan fingerprint density at radius 3 is 1.53 bits per heavy atom. The van der Waals surface area contributed by atoms with Gasteiger partial charge in [-0.15, -0.1) is 0 Å². The third-order valence-corrected chi connectivity index (χ3v) is 7.12. The molecule has 1 aromatic heterocycles. The number of para-hydroxylation sites is 4. The van der Waals surface area contributed by atoms with Gasteiger partial charge in [0.25, 0.3) is 6.71 Å². The van der Waals surface area contributed by atoms with Crippen LogP contribution in [0.1, 0.15) is 0 Å². The van der Waals surface area contributed by atoms with Crippen molar-refractivity contribution in [1.29, 1.82) is 0 Å². The van der Waals surface area contributed by atoms with E-state index in [-0.39, 0.29) is 6.71 Å². The first-order valence-corrected chi connectivity index (χ1v) is 11.6.